The van der Waals surface area contributed by atoms with Crippen molar-refractivity contribution in [1.82, 2.24) is 12.3 Å². The maximum absolute atomic E-state index is 13.2. The van der Waals surface area contributed by atoms with Crippen molar-refractivity contribution in [2.45, 2.75) is 47.3 Å². The van der Waals surface area contributed by atoms with Gasteiger partial charge >= 0.3 is 59.1 Å². The Morgan fingerprint density at radius 3 is 0.986 bits per heavy atom. The van der Waals surface area contributed by atoms with E-state index in [0.717, 1.165) is 72.8 Å². The first kappa shape index (κ1) is 62.7. The van der Waals surface area contributed by atoms with Crippen LogP contribution in [0.15, 0.2) is 159 Å². The Morgan fingerprint density at radius 2 is 0.694 bits per heavy atom. The van der Waals surface area contributed by atoms with E-state index in [2.05, 4.69) is 30.7 Å². The van der Waals surface area contributed by atoms with E-state index in [4.69, 9.17) is 0 Å². The van der Waals surface area contributed by atoms with Crippen LogP contribution in [-0.2, 0) is 40.5 Å². The van der Waals surface area contributed by atoms with Crippen molar-refractivity contribution in [2.75, 3.05) is 0 Å². The van der Waals surface area contributed by atoms with Crippen molar-refractivity contribution in [1.29, 1.82) is 0 Å². The van der Waals surface area contributed by atoms with Crippen LogP contribution in [-0.4, -0.2) is 61.6 Å². The number of quaternary nitrogens is 2. The fraction of sp³-hybridized carbons (Fsp3) is 0.0952. The fourth-order valence-electron chi connectivity index (χ4n) is 6.07. The van der Waals surface area contributed by atoms with E-state index in [0.29, 0.717) is 33.6 Å². The molecule has 0 atom stereocenters. The van der Waals surface area contributed by atoms with Crippen molar-refractivity contribution < 1.29 is 121 Å². The van der Waals surface area contributed by atoms with E-state index in [1.54, 1.807) is 27.7 Å². The molecule has 30 heteroatoms. The van der Waals surface area contributed by atoms with E-state index in [1.165, 1.54) is 48.5 Å². The maximum atomic E-state index is 13.2. The van der Waals surface area contributed by atoms with Crippen LogP contribution in [0.25, 0.3) is 12.2 Å². The minimum Gasteiger partial charge on any atom is -0.744 e. The van der Waals surface area contributed by atoms with Gasteiger partial charge in [0.05, 0.1) is 42.3 Å². The first-order valence-electron chi connectivity index (χ1n) is 19.1. The molecule has 0 saturated heterocycles. The minimum atomic E-state index is -5.30. The molecule has 368 valence electrons. The molecule has 0 bridgehead atoms. The van der Waals surface area contributed by atoms with Gasteiger partial charge < -0.3 is 40.9 Å². The molecular formula is C42H40N10Na2O14S4. The minimum absolute atomic E-state index is 0. The quantitative estimate of drug-likeness (QED) is 0.0387. The zero-order chi connectivity index (χ0) is 49.9. The monoisotopic (exact) mass is 1080 g/mol. The third-order valence-electron chi connectivity index (χ3n) is 9.64. The summed E-state index contributed by atoms with van der Waals surface area (Å²) in [5, 5.41) is 50.7. The second-order valence-electron chi connectivity index (χ2n) is 14.6. The summed E-state index contributed by atoms with van der Waals surface area (Å²) in [5.41, 5.74) is 1.88. The van der Waals surface area contributed by atoms with Gasteiger partial charge in [0.15, 0.2) is 0 Å². The third kappa shape index (κ3) is 16.1. The molecule has 0 saturated carbocycles. The average molecular weight is 1080 g/mol. The van der Waals surface area contributed by atoms with Crippen LogP contribution in [0.5, 0.6) is 0 Å². The molecule has 0 aliphatic heterocycles. The normalized spacial score (nSPS) is 12.6. The second kappa shape index (κ2) is 25.0. The van der Waals surface area contributed by atoms with Gasteiger partial charge in [-0.15, -0.1) is 0 Å². The Bertz CT molecular complexity index is 3400. The van der Waals surface area contributed by atoms with Crippen LogP contribution < -0.4 is 71.4 Å². The Labute approximate surface area is 458 Å². The summed E-state index contributed by atoms with van der Waals surface area (Å²) in [5.74, 6) is 0. The fourth-order valence-corrected chi connectivity index (χ4v) is 8.39. The number of benzene rings is 6. The van der Waals surface area contributed by atoms with E-state index in [-0.39, 0.29) is 126 Å². The van der Waals surface area contributed by atoms with Gasteiger partial charge in [-0.05, 0) is 146 Å². The summed E-state index contributed by atoms with van der Waals surface area (Å²) in [4.78, 5) is -2.54. The Balaban J connectivity index is 0.00000444. The van der Waals surface area contributed by atoms with Crippen LogP contribution in [0.1, 0.15) is 33.4 Å². The van der Waals surface area contributed by atoms with Crippen molar-refractivity contribution in [3.8, 4) is 0 Å². The Kier molecular flexibility index (Phi) is 21.8. The van der Waals surface area contributed by atoms with Gasteiger partial charge in [0.1, 0.15) is 51.8 Å². The second-order valence-corrected chi connectivity index (χ2v) is 20.0. The van der Waals surface area contributed by atoms with E-state index >= 15 is 0 Å². The molecule has 6 rings (SSSR count). The molecule has 72 heavy (non-hydrogen) atoms. The van der Waals surface area contributed by atoms with Gasteiger partial charge in [-0.2, -0.15) is 20.5 Å². The summed E-state index contributed by atoms with van der Waals surface area (Å²) >= 11 is 0. The molecule has 0 amide bonds. The summed E-state index contributed by atoms with van der Waals surface area (Å²) in [6.45, 7) is 6.44. The van der Waals surface area contributed by atoms with Gasteiger partial charge in [-0.1, -0.05) is 21.9 Å². The summed E-state index contributed by atoms with van der Waals surface area (Å²) in [7, 11) is -19.9. The topological polar surface area (TPSA) is 428 Å². The molecule has 6 aromatic rings. The van der Waals surface area contributed by atoms with Crippen LogP contribution >= 0.6 is 0 Å². The largest absolute Gasteiger partial charge is 1.00 e. The molecule has 0 aliphatic rings. The first-order valence-corrected chi connectivity index (χ1v) is 24.7. The van der Waals surface area contributed by atoms with Gasteiger partial charge in [0.25, 0.3) is 0 Å². The van der Waals surface area contributed by atoms with E-state index in [9.17, 15) is 62.3 Å². The molecule has 8 N–H and O–H groups in total. The standard InChI is InChI=1S/C42H36N8O14S4.2H3N.2Na/c1-25-21-39(27(3)19-37(25)45-43-31-9-15-35(16-10-31)65(53,54)55)47-49(51)33-13-7-29(41(23-33)67(59,60)61)5-6-30-8-14-34(24-42(30)68(62,63)64)50(52)48-40-22-26(2)38(20-28(40)4)46-44-32-11-17-36(18-12-32)66(56,57)58;;;;/h5-24H,1-4H3,(H,53,54,55)(H,56,57,58)(H,59,60,61)(H,62,63,64);2*1H3;;/q;;;2*+1/p-2/b6-5+,45-43?,46-44?,49-47?,50-48?;;;;. The van der Waals surface area contributed by atoms with Crippen molar-refractivity contribution in [3.63, 3.8) is 0 Å². The maximum Gasteiger partial charge on any atom is 1.00 e. The molecule has 24 nitrogen and oxygen atoms in total. The Morgan fingerprint density at radius 1 is 0.403 bits per heavy atom. The van der Waals surface area contributed by atoms with E-state index < -0.39 is 60.1 Å². The SMILES string of the molecule is Cc1cc(N=[N+]([O-])c2ccc(/C=C/c3ccc([N+]([O-])=Nc4cc(C)c(N=Nc5ccc(S(=O)(=O)[O-])cc5)cc4C)cc3S(=O)(=O)[O-])c(S(=O)(=O)[O-])c2)c(C)cc1N=Nc1ccc(S(=O)(=O)[O-])cc1.[NH4+].[NH4+].[Na+].[Na+]. The number of aryl methyl sites for hydroxylation is 4. The molecule has 0 heterocycles. The zero-order valence-electron chi connectivity index (χ0n) is 39.5. The predicted octanol–water partition coefficient (Wildman–Crippen LogP) is 4.15. The molecule has 6 aromatic carbocycles. The zero-order valence-corrected chi connectivity index (χ0v) is 46.7. The molecule has 0 unspecified atom stereocenters. The molecule has 0 aromatic heterocycles. The summed E-state index contributed by atoms with van der Waals surface area (Å²) < 4.78 is 142. The third-order valence-corrected chi connectivity index (χ3v) is 13.1. The van der Waals surface area contributed by atoms with Crippen molar-refractivity contribution in [3.05, 3.63) is 153 Å². The average Bonchev–Trinajstić information content (AvgIpc) is 3.25. The van der Waals surface area contributed by atoms with Crippen LogP contribution in [0, 0.1) is 38.1 Å². The van der Waals surface area contributed by atoms with Crippen molar-refractivity contribution >= 4 is 98.1 Å². The van der Waals surface area contributed by atoms with Gasteiger partial charge in [-0.25, -0.2) is 33.7 Å². The van der Waals surface area contributed by atoms with Crippen LogP contribution in [0.3, 0.4) is 0 Å². The van der Waals surface area contributed by atoms with Gasteiger partial charge in [0, 0.05) is 34.5 Å². The number of hydrogen-bond donors (Lipinski definition) is 2. The number of azo groups is 4. The van der Waals surface area contributed by atoms with E-state index in [1.807, 2.05) is 0 Å². The molecule has 0 fully saturated rings. The van der Waals surface area contributed by atoms with Crippen LogP contribution in [0.4, 0.5) is 45.5 Å². The number of hydrogen-bond acceptors (Lipinski definition) is 20. The molecular weight excluding hydrogens is 1040 g/mol. The molecule has 0 radical (unpaired) electrons. The van der Waals surface area contributed by atoms with Crippen LogP contribution in [0.2, 0.25) is 0 Å². The number of rotatable bonds is 14. The first-order chi connectivity index (χ1) is 31.7. The summed E-state index contributed by atoms with van der Waals surface area (Å²) in [6, 6.07) is 21.4. The molecule has 0 aliphatic carbocycles. The van der Waals surface area contributed by atoms with Crippen molar-refractivity contribution in [2.24, 2.45) is 30.7 Å². The number of nitrogens with zero attached hydrogens (tertiary/aromatic N) is 8. The predicted molar refractivity (Wildman–Crippen MR) is 249 cm³/mol. The smallest absolute Gasteiger partial charge is 0.744 e. The van der Waals surface area contributed by atoms with Gasteiger partial charge in [0.2, 0.25) is 11.4 Å². The molecule has 0 spiro atoms. The Hall–Kier alpha value is -5.38. The summed E-state index contributed by atoms with van der Waals surface area (Å²) in [6.07, 6.45) is 2.03. The van der Waals surface area contributed by atoms with Gasteiger partial charge in [-0.3, -0.25) is 0 Å².